The molecule has 0 saturated carbocycles. The molecule has 1 aliphatic rings. The van der Waals surface area contributed by atoms with Crippen molar-refractivity contribution in [3.05, 3.63) is 46.5 Å². The molecule has 0 aromatic carbocycles. The summed E-state index contributed by atoms with van der Waals surface area (Å²) in [6.45, 7) is 2.85. The predicted octanol–water partition coefficient (Wildman–Crippen LogP) is 0.0216. The molecule has 23 heavy (non-hydrogen) atoms. The summed E-state index contributed by atoms with van der Waals surface area (Å²) in [4.78, 5) is 25.5. The molecule has 0 N–H and O–H groups in total. The predicted molar refractivity (Wildman–Crippen MR) is 80.9 cm³/mol. The van der Waals surface area contributed by atoms with Crippen molar-refractivity contribution < 1.29 is 9.53 Å². The topological polar surface area (TPSA) is 90.2 Å². The normalized spacial score (nSPS) is 17.3. The molecule has 2 aromatic rings. The number of amides is 1. The van der Waals surface area contributed by atoms with Crippen molar-refractivity contribution in [1.29, 1.82) is 0 Å². The van der Waals surface area contributed by atoms with Crippen LogP contribution in [0.1, 0.15) is 12.1 Å². The van der Waals surface area contributed by atoms with Crippen molar-refractivity contribution in [2.45, 2.75) is 26.0 Å². The fraction of sp³-hybridized carbons (Fsp3) is 0.400. The first-order valence-electron chi connectivity index (χ1n) is 7.39. The monoisotopic (exact) mass is 315 g/mol. The van der Waals surface area contributed by atoms with Crippen molar-refractivity contribution in [3.63, 3.8) is 0 Å². The molecule has 0 aliphatic carbocycles. The lowest BCUT2D eigenvalue weighted by molar-refractivity contribution is -0.131. The zero-order valence-corrected chi connectivity index (χ0v) is 12.8. The number of rotatable bonds is 4. The maximum atomic E-state index is 12.3. The van der Waals surface area contributed by atoms with Crippen LogP contribution in [0.4, 0.5) is 0 Å². The summed E-state index contributed by atoms with van der Waals surface area (Å²) in [5, 5.41) is 11.8. The van der Waals surface area contributed by atoms with Crippen LogP contribution in [0.3, 0.4) is 0 Å². The van der Waals surface area contributed by atoms with E-state index in [2.05, 4.69) is 15.3 Å². The van der Waals surface area contributed by atoms with E-state index in [-0.39, 0.29) is 24.1 Å². The van der Waals surface area contributed by atoms with Gasteiger partial charge < -0.3 is 9.64 Å². The first kappa shape index (κ1) is 15.1. The van der Waals surface area contributed by atoms with E-state index in [1.165, 1.54) is 12.3 Å². The second-order valence-corrected chi connectivity index (χ2v) is 5.40. The van der Waals surface area contributed by atoms with Gasteiger partial charge in [-0.15, -0.1) is 5.10 Å². The Morgan fingerprint density at radius 2 is 2.22 bits per heavy atom. The van der Waals surface area contributed by atoms with Gasteiger partial charge in [0.2, 0.25) is 11.8 Å². The van der Waals surface area contributed by atoms with Gasteiger partial charge in [0, 0.05) is 31.3 Å². The van der Waals surface area contributed by atoms with Crippen LogP contribution >= 0.6 is 0 Å². The summed E-state index contributed by atoms with van der Waals surface area (Å²) < 4.78 is 6.89. The Bertz CT molecular complexity index is 743. The minimum absolute atomic E-state index is 0.0588. The van der Waals surface area contributed by atoms with Crippen molar-refractivity contribution in [1.82, 2.24) is 24.9 Å². The summed E-state index contributed by atoms with van der Waals surface area (Å²) in [6, 6.07) is 6.52. The van der Waals surface area contributed by atoms with Gasteiger partial charge in [-0.1, -0.05) is 0 Å². The maximum Gasteiger partial charge on any atom is 0.267 e. The van der Waals surface area contributed by atoms with Crippen LogP contribution in [0, 0.1) is 6.92 Å². The Morgan fingerprint density at radius 1 is 1.35 bits per heavy atom. The molecule has 0 radical (unpaired) electrons. The molecule has 2 aromatic heterocycles. The number of likely N-dealkylation sites (tertiary alicyclic amines) is 1. The van der Waals surface area contributed by atoms with Gasteiger partial charge in [-0.2, -0.15) is 10.2 Å². The number of nitrogens with zero attached hydrogens (tertiary/aromatic N) is 5. The Morgan fingerprint density at radius 3 is 2.96 bits per heavy atom. The minimum Gasteiger partial charge on any atom is -0.471 e. The Labute approximate surface area is 132 Å². The van der Waals surface area contributed by atoms with E-state index in [0.29, 0.717) is 19.0 Å². The average Bonchev–Trinajstić information content (AvgIpc) is 3.00. The zero-order valence-electron chi connectivity index (χ0n) is 12.8. The summed E-state index contributed by atoms with van der Waals surface area (Å²) in [5.74, 6) is 0.308. The van der Waals surface area contributed by atoms with Gasteiger partial charge in [0.15, 0.2) is 0 Å². The van der Waals surface area contributed by atoms with Crippen LogP contribution in [0.5, 0.6) is 5.88 Å². The van der Waals surface area contributed by atoms with Crippen molar-refractivity contribution >= 4 is 5.91 Å². The summed E-state index contributed by atoms with van der Waals surface area (Å²) in [7, 11) is 0. The van der Waals surface area contributed by atoms with E-state index in [1.807, 2.05) is 13.0 Å². The second kappa shape index (κ2) is 6.55. The van der Waals surface area contributed by atoms with Gasteiger partial charge in [-0.3, -0.25) is 9.59 Å². The number of aryl methyl sites for hydroxylation is 1. The third-order valence-corrected chi connectivity index (χ3v) is 3.63. The summed E-state index contributed by atoms with van der Waals surface area (Å²) in [5.41, 5.74) is 0.532. The summed E-state index contributed by atoms with van der Waals surface area (Å²) >= 11 is 0. The van der Waals surface area contributed by atoms with Gasteiger partial charge in [-0.25, -0.2) is 4.68 Å². The van der Waals surface area contributed by atoms with Crippen LogP contribution in [-0.4, -0.2) is 50.0 Å². The number of hydrogen-bond acceptors (Lipinski definition) is 6. The molecular weight excluding hydrogens is 298 g/mol. The molecule has 1 amide bonds. The standard InChI is InChI=1S/C15H17N5O3/c1-11-4-5-13(18-17-11)23-12-6-8-19(9-12)15(22)10-20-14(21)3-2-7-16-20/h2-5,7,12H,6,8-10H2,1H3. The molecular formula is C15H17N5O3. The lowest BCUT2D eigenvalue weighted by Gasteiger charge is -2.17. The first-order chi connectivity index (χ1) is 11.1. The number of aromatic nitrogens is 4. The quantitative estimate of drug-likeness (QED) is 0.790. The fourth-order valence-corrected chi connectivity index (χ4v) is 2.41. The van der Waals surface area contributed by atoms with Crippen molar-refractivity contribution in [2.24, 2.45) is 0 Å². The molecule has 1 fully saturated rings. The van der Waals surface area contributed by atoms with E-state index < -0.39 is 0 Å². The molecule has 3 rings (SSSR count). The van der Waals surface area contributed by atoms with E-state index in [4.69, 9.17) is 4.74 Å². The van der Waals surface area contributed by atoms with E-state index in [1.54, 1.807) is 17.0 Å². The highest BCUT2D eigenvalue weighted by Crippen LogP contribution is 2.16. The third kappa shape index (κ3) is 3.71. The molecule has 0 spiro atoms. The number of hydrogen-bond donors (Lipinski definition) is 0. The molecule has 8 nitrogen and oxygen atoms in total. The van der Waals surface area contributed by atoms with Gasteiger partial charge in [-0.05, 0) is 19.1 Å². The Balaban J connectivity index is 1.57. The highest BCUT2D eigenvalue weighted by molar-refractivity contribution is 5.76. The highest BCUT2D eigenvalue weighted by atomic mass is 16.5. The van der Waals surface area contributed by atoms with Crippen LogP contribution in [0.25, 0.3) is 0 Å². The number of carbonyl (C=O) groups excluding carboxylic acids is 1. The van der Waals surface area contributed by atoms with E-state index in [0.717, 1.165) is 16.8 Å². The largest absolute Gasteiger partial charge is 0.471 e. The van der Waals surface area contributed by atoms with Crippen molar-refractivity contribution in [3.8, 4) is 5.88 Å². The van der Waals surface area contributed by atoms with Gasteiger partial charge in [0.25, 0.3) is 5.56 Å². The molecule has 0 bridgehead atoms. The maximum absolute atomic E-state index is 12.3. The smallest absolute Gasteiger partial charge is 0.267 e. The molecule has 1 aliphatic heterocycles. The minimum atomic E-state index is -0.289. The molecule has 120 valence electrons. The SMILES string of the molecule is Cc1ccc(OC2CCN(C(=O)Cn3ncccc3=O)C2)nn1. The molecule has 3 heterocycles. The van der Waals surface area contributed by atoms with Gasteiger partial charge in [0.1, 0.15) is 12.6 Å². The molecule has 1 saturated heterocycles. The van der Waals surface area contributed by atoms with Gasteiger partial charge >= 0.3 is 0 Å². The lowest BCUT2D eigenvalue weighted by atomic mass is 10.3. The lowest BCUT2D eigenvalue weighted by Crippen LogP contribution is -2.36. The van der Waals surface area contributed by atoms with Crippen LogP contribution in [0.2, 0.25) is 0 Å². The van der Waals surface area contributed by atoms with Crippen LogP contribution < -0.4 is 10.3 Å². The van der Waals surface area contributed by atoms with Crippen LogP contribution in [0.15, 0.2) is 35.3 Å². The van der Waals surface area contributed by atoms with Crippen LogP contribution in [-0.2, 0) is 11.3 Å². The third-order valence-electron chi connectivity index (χ3n) is 3.63. The number of carbonyl (C=O) groups is 1. The Kier molecular flexibility index (Phi) is 4.31. The summed E-state index contributed by atoms with van der Waals surface area (Å²) in [6.07, 6.45) is 2.09. The van der Waals surface area contributed by atoms with E-state index in [9.17, 15) is 9.59 Å². The first-order valence-corrected chi connectivity index (χ1v) is 7.39. The van der Waals surface area contributed by atoms with Crippen molar-refractivity contribution in [2.75, 3.05) is 13.1 Å². The van der Waals surface area contributed by atoms with E-state index >= 15 is 0 Å². The Hall–Kier alpha value is -2.77. The molecule has 1 unspecified atom stereocenters. The molecule has 8 heteroatoms. The number of ether oxygens (including phenoxy) is 1. The second-order valence-electron chi connectivity index (χ2n) is 5.40. The van der Waals surface area contributed by atoms with Gasteiger partial charge in [0.05, 0.1) is 12.2 Å². The zero-order chi connectivity index (χ0) is 16.2. The highest BCUT2D eigenvalue weighted by Gasteiger charge is 2.28. The average molecular weight is 315 g/mol. The molecule has 1 atom stereocenters. The fourth-order valence-electron chi connectivity index (χ4n) is 2.41.